The number of nitrogens with zero attached hydrogens (tertiary/aromatic N) is 4. The summed E-state index contributed by atoms with van der Waals surface area (Å²) in [5.41, 5.74) is 14.4. The maximum atomic E-state index is 13.8. The fraction of sp³-hybridized carbons (Fsp3) is 0.484. The van der Waals surface area contributed by atoms with E-state index in [0.29, 0.717) is 43.3 Å². The Bertz CT molecular complexity index is 1460. The molecule has 6 N–H and O–H groups in total. The van der Waals surface area contributed by atoms with Crippen LogP contribution in [-0.4, -0.2) is 76.9 Å². The lowest BCUT2D eigenvalue weighted by atomic mass is 9.95. The number of imide groups is 1. The van der Waals surface area contributed by atoms with Crippen molar-refractivity contribution in [2.75, 3.05) is 37.6 Å². The highest BCUT2D eigenvalue weighted by molar-refractivity contribution is 6.11. The van der Waals surface area contributed by atoms with Crippen molar-refractivity contribution >= 4 is 40.3 Å². The molecule has 3 aliphatic rings. The van der Waals surface area contributed by atoms with Gasteiger partial charge in [-0.3, -0.25) is 24.6 Å². The Kier molecular flexibility index (Phi) is 8.93. The third kappa shape index (κ3) is 6.63. The van der Waals surface area contributed by atoms with E-state index in [4.69, 9.17) is 11.5 Å². The molecule has 0 spiro atoms. The van der Waals surface area contributed by atoms with Crippen LogP contribution in [0.4, 0.5) is 10.5 Å². The molecule has 230 valence electrons. The topological polar surface area (TPSA) is 159 Å². The minimum atomic E-state index is -0.489. The average Bonchev–Trinajstić information content (AvgIpc) is 3.44. The van der Waals surface area contributed by atoms with Gasteiger partial charge in [-0.2, -0.15) is 0 Å². The van der Waals surface area contributed by atoms with Crippen LogP contribution in [0.5, 0.6) is 0 Å². The Hall–Kier alpha value is -4.48. The molecule has 2 aromatic rings. The SMILES string of the molecule is CC(C)n1ccc2c(N3CCC(=O)NC3=O)cc(C(=O)N3CCN(/C(N)=C/C=C(\N)C(=O)NC4CCCCC4)CC3)cc21. The van der Waals surface area contributed by atoms with Crippen molar-refractivity contribution in [2.45, 2.75) is 64.5 Å². The summed E-state index contributed by atoms with van der Waals surface area (Å²) in [7, 11) is 0. The summed E-state index contributed by atoms with van der Waals surface area (Å²) < 4.78 is 2.07. The van der Waals surface area contributed by atoms with Gasteiger partial charge < -0.3 is 31.2 Å². The van der Waals surface area contributed by atoms with E-state index in [0.717, 1.165) is 36.6 Å². The number of benzene rings is 1. The van der Waals surface area contributed by atoms with Crippen LogP contribution < -0.4 is 27.0 Å². The number of aromatic nitrogens is 1. The van der Waals surface area contributed by atoms with Crippen LogP contribution in [-0.2, 0) is 9.59 Å². The minimum Gasteiger partial charge on any atom is -0.394 e. The molecule has 0 unspecified atom stereocenters. The van der Waals surface area contributed by atoms with Gasteiger partial charge in [0.05, 0.1) is 22.7 Å². The molecule has 1 saturated carbocycles. The highest BCUT2D eigenvalue weighted by Gasteiger charge is 2.29. The van der Waals surface area contributed by atoms with Crippen molar-refractivity contribution < 1.29 is 19.2 Å². The Morgan fingerprint density at radius 1 is 0.977 bits per heavy atom. The summed E-state index contributed by atoms with van der Waals surface area (Å²) in [4.78, 5) is 56.0. The maximum absolute atomic E-state index is 13.8. The quantitative estimate of drug-likeness (QED) is 0.285. The molecule has 1 aliphatic carbocycles. The van der Waals surface area contributed by atoms with E-state index >= 15 is 0 Å². The maximum Gasteiger partial charge on any atom is 0.328 e. The van der Waals surface area contributed by atoms with E-state index < -0.39 is 6.03 Å². The molecule has 1 aromatic carbocycles. The lowest BCUT2D eigenvalue weighted by molar-refractivity contribution is -0.120. The molecule has 2 saturated heterocycles. The monoisotopic (exact) mass is 590 g/mol. The molecule has 3 heterocycles. The average molecular weight is 591 g/mol. The summed E-state index contributed by atoms with van der Waals surface area (Å²) in [6, 6.07) is 5.39. The molecule has 2 aliphatic heterocycles. The van der Waals surface area contributed by atoms with Gasteiger partial charge in [0.25, 0.3) is 11.8 Å². The highest BCUT2D eigenvalue weighted by Crippen LogP contribution is 2.33. The molecule has 43 heavy (non-hydrogen) atoms. The molecule has 3 fully saturated rings. The van der Waals surface area contributed by atoms with Gasteiger partial charge in [0.15, 0.2) is 0 Å². The fourth-order valence-electron chi connectivity index (χ4n) is 6.06. The molecule has 12 heteroatoms. The number of hydrogen-bond acceptors (Lipinski definition) is 7. The number of rotatable bonds is 7. The number of urea groups is 1. The number of fused-ring (bicyclic) bond motifs is 1. The largest absolute Gasteiger partial charge is 0.394 e. The standard InChI is InChI=1S/C31H42N8O4/c1-20(2)38-12-10-23-25(38)18-21(19-26(23)39-13-11-28(40)35-31(39)43)30(42)37-16-14-36(15-17-37)27(33)9-8-24(32)29(41)34-22-6-4-3-5-7-22/h8-10,12,18-20,22H,3-7,11,13-17,32-33H2,1-2H3,(H,34,41)(H,35,40,43)/b24-8-,27-9+. The first-order chi connectivity index (χ1) is 20.6. The van der Waals surface area contributed by atoms with Crippen molar-refractivity contribution in [3.8, 4) is 0 Å². The number of piperazine rings is 1. The summed E-state index contributed by atoms with van der Waals surface area (Å²) in [6.07, 6.45) is 10.7. The van der Waals surface area contributed by atoms with Gasteiger partial charge >= 0.3 is 6.03 Å². The summed E-state index contributed by atoms with van der Waals surface area (Å²) in [6.45, 7) is 6.30. The lowest BCUT2D eigenvalue weighted by Gasteiger charge is -2.36. The molecule has 0 radical (unpaired) electrons. The van der Waals surface area contributed by atoms with Gasteiger partial charge in [-0.1, -0.05) is 19.3 Å². The van der Waals surface area contributed by atoms with Crippen LogP contribution in [0.2, 0.25) is 0 Å². The smallest absolute Gasteiger partial charge is 0.328 e. The number of nitrogens with one attached hydrogen (secondary N) is 2. The van der Waals surface area contributed by atoms with Crippen LogP contribution in [0.25, 0.3) is 10.9 Å². The highest BCUT2D eigenvalue weighted by atomic mass is 16.2. The molecular formula is C31H42N8O4. The first-order valence-electron chi connectivity index (χ1n) is 15.2. The van der Waals surface area contributed by atoms with Crippen molar-refractivity contribution in [1.29, 1.82) is 0 Å². The van der Waals surface area contributed by atoms with E-state index in [1.54, 1.807) is 17.0 Å². The molecule has 0 atom stereocenters. The van der Waals surface area contributed by atoms with E-state index in [-0.39, 0.29) is 48.5 Å². The molecular weight excluding hydrogens is 548 g/mol. The summed E-state index contributed by atoms with van der Waals surface area (Å²) in [5.74, 6) is -0.250. The third-order valence-electron chi connectivity index (χ3n) is 8.53. The van der Waals surface area contributed by atoms with Crippen LogP contribution in [0, 0.1) is 0 Å². The molecule has 1 aromatic heterocycles. The van der Waals surface area contributed by atoms with Crippen LogP contribution in [0.1, 0.15) is 68.8 Å². The predicted molar refractivity (Wildman–Crippen MR) is 165 cm³/mol. The third-order valence-corrected chi connectivity index (χ3v) is 8.53. The zero-order valence-corrected chi connectivity index (χ0v) is 25.0. The zero-order chi connectivity index (χ0) is 30.7. The Labute approximate surface area is 251 Å². The first-order valence-corrected chi connectivity index (χ1v) is 15.2. The molecule has 12 nitrogen and oxygen atoms in total. The van der Waals surface area contributed by atoms with Gasteiger partial charge in [-0.05, 0) is 57.0 Å². The van der Waals surface area contributed by atoms with Gasteiger partial charge in [-0.25, -0.2) is 4.79 Å². The van der Waals surface area contributed by atoms with Crippen LogP contribution in [0.3, 0.4) is 0 Å². The first kappa shape index (κ1) is 30.0. The zero-order valence-electron chi connectivity index (χ0n) is 25.0. The van der Waals surface area contributed by atoms with E-state index in [9.17, 15) is 19.2 Å². The number of amides is 5. The van der Waals surface area contributed by atoms with Crippen LogP contribution in [0.15, 0.2) is 48.1 Å². The lowest BCUT2D eigenvalue weighted by Crippen LogP contribution is -2.50. The minimum absolute atomic E-state index is 0.117. The van der Waals surface area contributed by atoms with Crippen molar-refractivity contribution in [3.63, 3.8) is 0 Å². The molecule has 5 rings (SSSR count). The van der Waals surface area contributed by atoms with Crippen molar-refractivity contribution in [1.82, 2.24) is 25.0 Å². The number of hydrogen-bond donors (Lipinski definition) is 4. The second-order valence-electron chi connectivity index (χ2n) is 11.8. The predicted octanol–water partition coefficient (Wildman–Crippen LogP) is 2.52. The number of carbonyl (C=O) groups excluding carboxylic acids is 4. The molecule has 0 bridgehead atoms. The number of nitrogens with two attached hydrogens (primary N) is 2. The second-order valence-corrected chi connectivity index (χ2v) is 11.8. The van der Waals surface area contributed by atoms with Crippen LogP contribution >= 0.6 is 0 Å². The van der Waals surface area contributed by atoms with Gasteiger partial charge in [0.2, 0.25) is 5.91 Å². The summed E-state index contributed by atoms with van der Waals surface area (Å²) >= 11 is 0. The number of anilines is 1. The Morgan fingerprint density at radius 3 is 2.35 bits per heavy atom. The fourth-order valence-corrected chi connectivity index (χ4v) is 6.06. The van der Waals surface area contributed by atoms with E-state index in [2.05, 4.69) is 29.0 Å². The van der Waals surface area contributed by atoms with Gasteiger partial charge in [-0.15, -0.1) is 0 Å². The van der Waals surface area contributed by atoms with E-state index in [1.165, 1.54) is 17.4 Å². The van der Waals surface area contributed by atoms with Crippen molar-refractivity contribution in [2.24, 2.45) is 11.5 Å². The Balaban J connectivity index is 1.27. The van der Waals surface area contributed by atoms with Crippen molar-refractivity contribution in [3.05, 3.63) is 53.6 Å². The van der Waals surface area contributed by atoms with E-state index in [1.807, 2.05) is 23.2 Å². The van der Waals surface area contributed by atoms with Gasteiger partial charge in [0.1, 0.15) is 0 Å². The second kappa shape index (κ2) is 12.8. The Morgan fingerprint density at radius 2 is 1.67 bits per heavy atom. The van der Waals surface area contributed by atoms with Gasteiger partial charge in [0, 0.05) is 68.4 Å². The molecule has 5 amide bonds. The number of carbonyl (C=O) groups is 4. The summed E-state index contributed by atoms with van der Waals surface area (Å²) in [5, 5.41) is 6.23. The number of allylic oxidation sites excluding steroid dienone is 2. The normalized spacial score (nSPS) is 19.3.